The minimum Gasteiger partial charge on any atom is -0.481 e. The molecule has 0 aromatic rings. The van der Waals surface area contributed by atoms with E-state index in [-0.39, 0.29) is 25.0 Å². The van der Waals surface area contributed by atoms with E-state index >= 15 is 0 Å². The summed E-state index contributed by atoms with van der Waals surface area (Å²) in [5.41, 5.74) is 0.632. The van der Waals surface area contributed by atoms with Gasteiger partial charge in [0.1, 0.15) is 12.0 Å². The number of ketones is 1. The van der Waals surface area contributed by atoms with Gasteiger partial charge < -0.3 is 10.2 Å². The number of halogens is 1. The van der Waals surface area contributed by atoms with E-state index in [0.29, 0.717) is 31.3 Å². The van der Waals surface area contributed by atoms with Crippen LogP contribution in [0.4, 0.5) is 4.39 Å². The van der Waals surface area contributed by atoms with Crippen molar-refractivity contribution in [2.24, 2.45) is 11.8 Å². The van der Waals surface area contributed by atoms with Gasteiger partial charge in [-0.3, -0.25) is 9.59 Å². The number of allylic oxidation sites excluding steroid dienone is 3. The summed E-state index contributed by atoms with van der Waals surface area (Å²) in [4.78, 5) is 22.7. The Morgan fingerprint density at radius 1 is 1.35 bits per heavy atom. The zero-order valence-corrected chi connectivity index (χ0v) is 15.8. The summed E-state index contributed by atoms with van der Waals surface area (Å²) in [7, 11) is 0. The van der Waals surface area contributed by atoms with E-state index in [2.05, 4.69) is 13.5 Å². The maximum absolute atomic E-state index is 14.8. The lowest BCUT2D eigenvalue weighted by Gasteiger charge is -2.24. The molecule has 1 aliphatic carbocycles. The first-order chi connectivity index (χ1) is 12.4. The molecule has 1 fully saturated rings. The van der Waals surface area contributed by atoms with E-state index in [1.165, 1.54) is 0 Å². The Kier molecular flexibility index (Phi) is 10.4. The highest BCUT2D eigenvalue weighted by Gasteiger charge is 2.41. The zero-order valence-electron chi connectivity index (χ0n) is 15.8. The Labute approximate surface area is 156 Å². The fraction of sp³-hybridized carbons (Fsp3) is 0.714. The van der Waals surface area contributed by atoms with Crippen molar-refractivity contribution in [3.8, 4) is 0 Å². The van der Waals surface area contributed by atoms with Crippen LogP contribution < -0.4 is 0 Å². The predicted octanol–water partition coefficient (Wildman–Crippen LogP) is 4.62. The Morgan fingerprint density at radius 3 is 2.73 bits per heavy atom. The monoisotopic (exact) mass is 368 g/mol. The molecule has 1 rings (SSSR count). The van der Waals surface area contributed by atoms with Gasteiger partial charge >= 0.3 is 5.97 Å². The molecule has 0 aliphatic heterocycles. The van der Waals surface area contributed by atoms with Crippen LogP contribution in [0.25, 0.3) is 0 Å². The SMILES string of the molecule is C=C1CC(=O)[C@H](C/C=C\CCCC(=O)O)[C@H]1[C@H](F)C[C@@H](O)CCCCC. The van der Waals surface area contributed by atoms with Crippen molar-refractivity contribution in [1.82, 2.24) is 0 Å². The number of aliphatic hydroxyl groups excluding tert-OH is 1. The minimum atomic E-state index is -1.25. The van der Waals surface area contributed by atoms with Gasteiger partial charge in [-0.2, -0.15) is 0 Å². The maximum atomic E-state index is 14.8. The van der Waals surface area contributed by atoms with Crippen LogP contribution in [0.2, 0.25) is 0 Å². The zero-order chi connectivity index (χ0) is 19.5. The molecule has 0 aromatic carbocycles. The number of alkyl halides is 1. The van der Waals surface area contributed by atoms with Gasteiger partial charge in [0.25, 0.3) is 0 Å². The van der Waals surface area contributed by atoms with Crippen molar-refractivity contribution in [2.75, 3.05) is 0 Å². The molecule has 4 nitrogen and oxygen atoms in total. The molecular formula is C21H33FO4. The third-order valence-electron chi connectivity index (χ3n) is 5.07. The van der Waals surface area contributed by atoms with Crippen LogP contribution in [0.3, 0.4) is 0 Å². The van der Waals surface area contributed by atoms with Gasteiger partial charge in [0.15, 0.2) is 0 Å². The van der Waals surface area contributed by atoms with E-state index in [0.717, 1.165) is 19.3 Å². The van der Waals surface area contributed by atoms with Gasteiger partial charge in [-0.15, -0.1) is 0 Å². The first-order valence-electron chi connectivity index (χ1n) is 9.76. The van der Waals surface area contributed by atoms with Gasteiger partial charge in [-0.05, 0) is 25.7 Å². The van der Waals surface area contributed by atoms with Crippen molar-refractivity contribution in [3.63, 3.8) is 0 Å². The van der Waals surface area contributed by atoms with Crippen LogP contribution >= 0.6 is 0 Å². The van der Waals surface area contributed by atoms with Gasteiger partial charge in [-0.25, -0.2) is 4.39 Å². The number of carboxylic acids is 1. The quantitative estimate of drug-likeness (QED) is 0.367. The number of aliphatic hydroxyl groups is 1. The number of rotatable bonds is 13. The third-order valence-corrected chi connectivity index (χ3v) is 5.07. The number of Topliss-reactive ketones (excluding diaryl/α,β-unsaturated/α-hetero) is 1. The number of carbonyl (C=O) groups is 2. The molecule has 0 spiro atoms. The standard InChI is InChI=1S/C21H33FO4/c1-3-4-7-10-16(23)14-18(22)21-15(2)13-19(24)17(21)11-8-5-6-9-12-20(25)26/h5,8,16-18,21,23H,2-4,6-7,9-14H2,1H3,(H,25,26)/b8-5-/t16-,17-,18+,21-/m0/s1. The Bertz CT molecular complexity index is 500. The summed E-state index contributed by atoms with van der Waals surface area (Å²) in [5.74, 6) is -1.75. The van der Waals surface area contributed by atoms with E-state index < -0.39 is 30.1 Å². The van der Waals surface area contributed by atoms with Crippen molar-refractivity contribution < 1.29 is 24.2 Å². The number of hydrogen-bond donors (Lipinski definition) is 2. The summed E-state index contributed by atoms with van der Waals surface area (Å²) >= 11 is 0. The van der Waals surface area contributed by atoms with Crippen LogP contribution in [0, 0.1) is 11.8 Å². The lowest BCUT2D eigenvalue weighted by molar-refractivity contribution is -0.137. The highest BCUT2D eigenvalue weighted by Crippen LogP contribution is 2.40. The second-order valence-electron chi connectivity index (χ2n) is 7.33. The Morgan fingerprint density at radius 2 is 2.08 bits per heavy atom. The fourth-order valence-electron chi connectivity index (χ4n) is 3.63. The topological polar surface area (TPSA) is 74.6 Å². The first-order valence-corrected chi connectivity index (χ1v) is 9.76. The van der Waals surface area contributed by atoms with Gasteiger partial charge in [0, 0.05) is 31.1 Å². The van der Waals surface area contributed by atoms with E-state index in [9.17, 15) is 19.1 Å². The van der Waals surface area contributed by atoms with Crippen molar-refractivity contribution in [1.29, 1.82) is 0 Å². The Balaban J connectivity index is 2.52. The van der Waals surface area contributed by atoms with Gasteiger partial charge in [0.2, 0.25) is 0 Å². The lowest BCUT2D eigenvalue weighted by Crippen LogP contribution is -2.27. The molecule has 0 amide bonds. The summed E-state index contributed by atoms with van der Waals surface area (Å²) in [6.45, 7) is 5.97. The molecule has 5 heteroatoms. The number of carboxylic acid groups (broad SMARTS) is 1. The van der Waals surface area contributed by atoms with Crippen LogP contribution in [0.5, 0.6) is 0 Å². The largest absolute Gasteiger partial charge is 0.481 e. The van der Waals surface area contributed by atoms with Crippen molar-refractivity contribution in [3.05, 3.63) is 24.3 Å². The van der Waals surface area contributed by atoms with E-state index in [1.54, 1.807) is 0 Å². The predicted molar refractivity (Wildman–Crippen MR) is 101 cm³/mol. The number of aliphatic carboxylic acids is 1. The lowest BCUT2D eigenvalue weighted by atomic mass is 9.84. The van der Waals surface area contributed by atoms with Crippen LogP contribution in [0.15, 0.2) is 24.3 Å². The smallest absolute Gasteiger partial charge is 0.303 e. The third kappa shape index (κ3) is 7.81. The van der Waals surface area contributed by atoms with Crippen LogP contribution in [0.1, 0.15) is 71.1 Å². The van der Waals surface area contributed by atoms with E-state index in [4.69, 9.17) is 5.11 Å². The highest BCUT2D eigenvalue weighted by atomic mass is 19.1. The summed E-state index contributed by atoms with van der Waals surface area (Å²) in [6, 6.07) is 0. The minimum absolute atomic E-state index is 0.0123. The molecular weight excluding hydrogens is 335 g/mol. The molecule has 0 unspecified atom stereocenters. The fourth-order valence-corrected chi connectivity index (χ4v) is 3.63. The van der Waals surface area contributed by atoms with Crippen molar-refractivity contribution in [2.45, 2.75) is 83.4 Å². The maximum Gasteiger partial charge on any atom is 0.303 e. The molecule has 1 aliphatic rings. The molecule has 1 saturated carbocycles. The molecule has 0 heterocycles. The first kappa shape index (κ1) is 22.6. The number of unbranched alkanes of at least 4 members (excludes halogenated alkanes) is 3. The summed E-state index contributed by atoms with van der Waals surface area (Å²) in [5, 5.41) is 18.6. The highest BCUT2D eigenvalue weighted by molar-refractivity contribution is 5.87. The normalized spacial score (nSPS) is 22.9. The number of hydrogen-bond acceptors (Lipinski definition) is 3. The van der Waals surface area contributed by atoms with Crippen LogP contribution in [-0.2, 0) is 9.59 Å². The molecule has 0 radical (unpaired) electrons. The molecule has 0 saturated heterocycles. The van der Waals surface area contributed by atoms with Gasteiger partial charge in [0.05, 0.1) is 6.10 Å². The van der Waals surface area contributed by atoms with Gasteiger partial charge in [-0.1, -0.05) is 50.5 Å². The average Bonchev–Trinajstić information content (AvgIpc) is 2.84. The van der Waals surface area contributed by atoms with Crippen LogP contribution in [-0.4, -0.2) is 34.2 Å². The molecule has 4 atom stereocenters. The molecule has 2 N–H and O–H groups in total. The van der Waals surface area contributed by atoms with Crippen molar-refractivity contribution >= 4 is 11.8 Å². The molecule has 26 heavy (non-hydrogen) atoms. The summed E-state index contributed by atoms with van der Waals surface area (Å²) in [6.07, 6.45) is 7.37. The molecule has 0 bridgehead atoms. The average molecular weight is 368 g/mol. The Hall–Kier alpha value is -1.49. The molecule has 0 aromatic heterocycles. The second kappa shape index (κ2) is 12.0. The second-order valence-corrected chi connectivity index (χ2v) is 7.33. The number of carbonyl (C=O) groups excluding carboxylic acids is 1. The van der Waals surface area contributed by atoms with E-state index in [1.807, 2.05) is 12.2 Å². The summed E-state index contributed by atoms with van der Waals surface area (Å²) < 4.78 is 14.8. The molecule has 148 valence electrons.